The number of hydrogen-bond donors (Lipinski definition) is 1. The van der Waals surface area contributed by atoms with Crippen molar-refractivity contribution in [1.29, 1.82) is 0 Å². The summed E-state index contributed by atoms with van der Waals surface area (Å²) in [5.74, 6) is -1.76. The lowest BCUT2D eigenvalue weighted by atomic mass is 9.86. The van der Waals surface area contributed by atoms with Gasteiger partial charge < -0.3 is 15.2 Å². The van der Waals surface area contributed by atoms with Gasteiger partial charge in [-0.05, 0) is 18.6 Å². The van der Waals surface area contributed by atoms with Crippen LogP contribution in [0.15, 0.2) is 18.2 Å². The van der Waals surface area contributed by atoms with Crippen LogP contribution in [0.4, 0.5) is 8.78 Å². The van der Waals surface area contributed by atoms with E-state index in [1.807, 2.05) is 6.92 Å². The highest BCUT2D eigenvalue weighted by molar-refractivity contribution is 5.27. The van der Waals surface area contributed by atoms with E-state index in [1.165, 1.54) is 18.2 Å². The molecular weight excluding hydrogens is 240 g/mol. The van der Waals surface area contributed by atoms with E-state index in [9.17, 15) is 8.78 Å². The Balaban J connectivity index is 2.01. The molecule has 1 aliphatic rings. The van der Waals surface area contributed by atoms with Gasteiger partial charge in [0.1, 0.15) is 12.2 Å². The lowest BCUT2D eigenvalue weighted by Gasteiger charge is -2.41. The molecule has 18 heavy (non-hydrogen) atoms. The Morgan fingerprint density at radius 1 is 1.33 bits per heavy atom. The highest BCUT2D eigenvalue weighted by Gasteiger charge is 2.42. The van der Waals surface area contributed by atoms with Crippen LogP contribution in [0.3, 0.4) is 0 Å². The van der Waals surface area contributed by atoms with E-state index >= 15 is 0 Å². The highest BCUT2D eigenvalue weighted by atomic mass is 19.1. The van der Waals surface area contributed by atoms with Crippen molar-refractivity contribution in [3.63, 3.8) is 0 Å². The normalized spacial score (nSPS) is 26.8. The Labute approximate surface area is 105 Å². The van der Waals surface area contributed by atoms with Crippen LogP contribution in [-0.2, 0) is 4.74 Å². The molecule has 5 heteroatoms. The van der Waals surface area contributed by atoms with Crippen molar-refractivity contribution in [2.75, 3.05) is 6.61 Å². The van der Waals surface area contributed by atoms with Crippen molar-refractivity contribution in [2.24, 2.45) is 5.73 Å². The van der Waals surface area contributed by atoms with Crippen molar-refractivity contribution in [1.82, 2.24) is 0 Å². The predicted octanol–water partition coefficient (Wildman–Crippen LogP) is 2.24. The fourth-order valence-corrected chi connectivity index (χ4v) is 1.96. The number of benzene rings is 1. The van der Waals surface area contributed by atoms with Crippen LogP contribution in [-0.4, -0.2) is 24.9 Å². The highest BCUT2D eigenvalue weighted by Crippen LogP contribution is 2.30. The zero-order valence-electron chi connectivity index (χ0n) is 10.2. The average Bonchev–Trinajstić information content (AvgIpc) is 2.33. The molecule has 0 spiro atoms. The maximum atomic E-state index is 13.4. The minimum atomic E-state index is -0.704. The minimum Gasteiger partial charge on any atom is -0.481 e. The smallest absolute Gasteiger partial charge is 0.191 e. The third kappa shape index (κ3) is 2.62. The van der Waals surface area contributed by atoms with Crippen LogP contribution in [0.5, 0.6) is 5.75 Å². The van der Waals surface area contributed by atoms with Gasteiger partial charge in [0.05, 0.1) is 0 Å². The van der Waals surface area contributed by atoms with E-state index < -0.39 is 11.6 Å². The van der Waals surface area contributed by atoms with Crippen LogP contribution < -0.4 is 10.5 Å². The molecule has 100 valence electrons. The van der Waals surface area contributed by atoms with Gasteiger partial charge in [-0.15, -0.1) is 0 Å². The van der Waals surface area contributed by atoms with Gasteiger partial charge in [0, 0.05) is 19.1 Å². The zero-order valence-corrected chi connectivity index (χ0v) is 10.2. The molecule has 3 unspecified atom stereocenters. The van der Waals surface area contributed by atoms with Crippen molar-refractivity contribution in [3.8, 4) is 5.75 Å². The Morgan fingerprint density at radius 2 is 2.00 bits per heavy atom. The van der Waals surface area contributed by atoms with Crippen LogP contribution >= 0.6 is 0 Å². The number of rotatable bonds is 5. The fourth-order valence-electron chi connectivity index (χ4n) is 1.96. The summed E-state index contributed by atoms with van der Waals surface area (Å²) in [6.45, 7) is 2.55. The molecule has 2 rings (SSSR count). The van der Waals surface area contributed by atoms with Gasteiger partial charge in [0.25, 0.3) is 0 Å². The Morgan fingerprint density at radius 3 is 2.56 bits per heavy atom. The second-order valence-electron chi connectivity index (χ2n) is 4.44. The first-order chi connectivity index (χ1) is 8.63. The zero-order chi connectivity index (χ0) is 13.1. The number of para-hydroxylation sites is 1. The van der Waals surface area contributed by atoms with Gasteiger partial charge in [-0.2, -0.15) is 0 Å². The van der Waals surface area contributed by atoms with E-state index in [4.69, 9.17) is 15.2 Å². The molecule has 2 N–H and O–H groups in total. The Kier molecular flexibility index (Phi) is 4.14. The van der Waals surface area contributed by atoms with E-state index in [-0.39, 0.29) is 24.0 Å². The summed E-state index contributed by atoms with van der Waals surface area (Å²) in [5, 5.41) is 0. The Bertz CT molecular complexity index is 394. The molecular formula is C13H17F2NO2. The number of hydrogen-bond acceptors (Lipinski definition) is 3. The van der Waals surface area contributed by atoms with Gasteiger partial charge in [-0.3, -0.25) is 0 Å². The van der Waals surface area contributed by atoms with Crippen LogP contribution in [0.25, 0.3) is 0 Å². The maximum absolute atomic E-state index is 13.4. The average molecular weight is 257 g/mol. The number of halogens is 2. The number of ether oxygens (including phenoxy) is 2. The third-order valence-corrected chi connectivity index (χ3v) is 3.00. The second-order valence-corrected chi connectivity index (χ2v) is 4.44. The van der Waals surface area contributed by atoms with Gasteiger partial charge >= 0.3 is 0 Å². The van der Waals surface area contributed by atoms with Crippen LogP contribution in [0, 0.1) is 11.6 Å². The van der Waals surface area contributed by atoms with Gasteiger partial charge in [-0.1, -0.05) is 13.0 Å². The molecule has 0 radical (unpaired) electrons. The fraction of sp³-hybridized carbons (Fsp3) is 0.538. The SMILES string of the molecule is CCCOC1C(N)CC1Oc1c(F)cccc1F. The van der Waals surface area contributed by atoms with Crippen LogP contribution in [0.2, 0.25) is 0 Å². The molecule has 1 fully saturated rings. The van der Waals surface area contributed by atoms with Crippen molar-refractivity contribution >= 4 is 0 Å². The second kappa shape index (κ2) is 5.63. The van der Waals surface area contributed by atoms with E-state index in [0.29, 0.717) is 13.0 Å². The summed E-state index contributed by atoms with van der Waals surface area (Å²) in [6.07, 6.45) is 0.744. The van der Waals surface area contributed by atoms with Gasteiger partial charge in [0.15, 0.2) is 17.4 Å². The molecule has 1 aromatic rings. The van der Waals surface area contributed by atoms with E-state index in [0.717, 1.165) is 6.42 Å². The third-order valence-electron chi connectivity index (χ3n) is 3.00. The maximum Gasteiger partial charge on any atom is 0.191 e. The van der Waals surface area contributed by atoms with E-state index in [2.05, 4.69) is 0 Å². The number of nitrogens with two attached hydrogens (primary N) is 1. The molecule has 1 saturated carbocycles. The molecule has 0 saturated heterocycles. The minimum absolute atomic E-state index is 0.128. The summed E-state index contributed by atoms with van der Waals surface area (Å²) in [4.78, 5) is 0. The van der Waals surface area contributed by atoms with Gasteiger partial charge in [-0.25, -0.2) is 8.78 Å². The summed E-state index contributed by atoms with van der Waals surface area (Å²) >= 11 is 0. The first kappa shape index (κ1) is 13.2. The topological polar surface area (TPSA) is 44.5 Å². The Hall–Kier alpha value is -1.20. The summed E-state index contributed by atoms with van der Waals surface area (Å²) in [6, 6.07) is 3.50. The lowest BCUT2D eigenvalue weighted by Crippen LogP contribution is -2.59. The summed E-state index contributed by atoms with van der Waals surface area (Å²) in [7, 11) is 0. The van der Waals surface area contributed by atoms with Crippen LogP contribution in [0.1, 0.15) is 19.8 Å². The molecule has 1 aromatic carbocycles. The molecule has 3 atom stereocenters. The standard InChI is InChI=1S/C13H17F2NO2/c1-2-6-17-13-10(16)7-11(13)18-12-8(14)4-3-5-9(12)15/h3-5,10-11,13H,2,6-7,16H2,1H3. The molecule has 0 heterocycles. The summed E-state index contributed by atoms with van der Waals surface area (Å²) < 4.78 is 37.7. The molecule has 3 nitrogen and oxygen atoms in total. The molecule has 0 amide bonds. The first-order valence-corrected chi connectivity index (χ1v) is 6.11. The molecule has 1 aliphatic carbocycles. The quantitative estimate of drug-likeness (QED) is 0.879. The predicted molar refractivity (Wildman–Crippen MR) is 63.4 cm³/mol. The van der Waals surface area contributed by atoms with Crippen molar-refractivity contribution in [3.05, 3.63) is 29.8 Å². The monoisotopic (exact) mass is 257 g/mol. The van der Waals surface area contributed by atoms with Gasteiger partial charge in [0.2, 0.25) is 0 Å². The lowest BCUT2D eigenvalue weighted by molar-refractivity contribution is -0.0999. The van der Waals surface area contributed by atoms with E-state index in [1.54, 1.807) is 0 Å². The summed E-state index contributed by atoms with van der Waals surface area (Å²) in [5.41, 5.74) is 5.79. The first-order valence-electron chi connectivity index (χ1n) is 6.11. The molecule has 0 bridgehead atoms. The largest absolute Gasteiger partial charge is 0.481 e. The molecule has 0 aliphatic heterocycles. The van der Waals surface area contributed by atoms with Crippen molar-refractivity contribution < 1.29 is 18.3 Å². The van der Waals surface area contributed by atoms with Crippen molar-refractivity contribution in [2.45, 2.75) is 38.0 Å². The molecule has 0 aromatic heterocycles.